The molecule has 0 radical (unpaired) electrons. The molecule has 0 aromatic heterocycles. The molecule has 156 valence electrons. The van der Waals surface area contributed by atoms with E-state index >= 15 is 0 Å². The Morgan fingerprint density at radius 2 is 1.79 bits per heavy atom. The molecule has 6 nitrogen and oxygen atoms in total. The zero-order valence-electron chi connectivity index (χ0n) is 17.2. The largest absolute Gasteiger partial charge is 0.493 e. The summed E-state index contributed by atoms with van der Waals surface area (Å²) in [4.78, 5) is 17.2. The van der Waals surface area contributed by atoms with Crippen LogP contribution in [-0.4, -0.2) is 57.5 Å². The molecule has 0 spiro atoms. The Morgan fingerprint density at radius 1 is 1.10 bits per heavy atom. The first-order chi connectivity index (χ1) is 13.8. The monoisotopic (exact) mass is 416 g/mol. The maximum atomic E-state index is 13.5. The molecule has 0 saturated carbocycles. The molecular formula is C22H28N2O4S. The standard InChI is InChI=1S/C22H28N2O4S/c1-4-28-21-8-6-5-7-20(21)22(25)24(19-13-14-29(26,27)16-19)15-17-9-11-18(12-10-17)23(2)3/h5-12,19H,4,13-16H2,1-3H3. The van der Waals surface area contributed by atoms with Crippen molar-refractivity contribution in [2.75, 3.05) is 37.1 Å². The normalized spacial score (nSPS) is 17.7. The van der Waals surface area contributed by atoms with Crippen LogP contribution >= 0.6 is 0 Å². The Hall–Kier alpha value is -2.54. The van der Waals surface area contributed by atoms with Gasteiger partial charge in [-0.2, -0.15) is 0 Å². The maximum Gasteiger partial charge on any atom is 0.258 e. The SMILES string of the molecule is CCOc1ccccc1C(=O)N(Cc1ccc(N(C)C)cc1)C1CCS(=O)(=O)C1. The summed E-state index contributed by atoms with van der Waals surface area (Å²) in [6.45, 7) is 2.68. The number of anilines is 1. The molecule has 29 heavy (non-hydrogen) atoms. The highest BCUT2D eigenvalue weighted by Crippen LogP contribution is 2.26. The highest BCUT2D eigenvalue weighted by atomic mass is 32.2. The first kappa shape index (κ1) is 21.2. The van der Waals surface area contributed by atoms with E-state index in [1.54, 1.807) is 23.1 Å². The van der Waals surface area contributed by atoms with Crippen molar-refractivity contribution < 1.29 is 17.9 Å². The summed E-state index contributed by atoms with van der Waals surface area (Å²) in [7, 11) is 0.824. The fourth-order valence-corrected chi connectivity index (χ4v) is 5.29. The molecule has 1 fully saturated rings. The van der Waals surface area contributed by atoms with Crippen molar-refractivity contribution >= 4 is 21.4 Å². The second-order valence-corrected chi connectivity index (χ2v) is 9.71. The highest BCUT2D eigenvalue weighted by molar-refractivity contribution is 7.91. The van der Waals surface area contributed by atoms with Crippen LogP contribution in [-0.2, 0) is 16.4 Å². The number of nitrogens with zero attached hydrogens (tertiary/aromatic N) is 2. The van der Waals surface area contributed by atoms with Gasteiger partial charge in [-0.15, -0.1) is 0 Å². The predicted octanol–water partition coefficient (Wildman–Crippen LogP) is 2.98. The van der Waals surface area contributed by atoms with E-state index in [2.05, 4.69) is 0 Å². The zero-order chi connectivity index (χ0) is 21.0. The minimum atomic E-state index is -3.12. The first-order valence-electron chi connectivity index (χ1n) is 9.80. The van der Waals surface area contributed by atoms with Gasteiger partial charge in [-0.1, -0.05) is 24.3 Å². The van der Waals surface area contributed by atoms with Crippen LogP contribution in [0.4, 0.5) is 5.69 Å². The van der Waals surface area contributed by atoms with E-state index in [9.17, 15) is 13.2 Å². The Balaban J connectivity index is 1.92. The minimum Gasteiger partial charge on any atom is -0.493 e. The van der Waals surface area contributed by atoms with Gasteiger partial charge in [-0.05, 0) is 43.2 Å². The smallest absolute Gasteiger partial charge is 0.258 e. The van der Waals surface area contributed by atoms with Crippen LogP contribution in [0.25, 0.3) is 0 Å². The van der Waals surface area contributed by atoms with Crippen molar-refractivity contribution in [3.8, 4) is 5.75 Å². The van der Waals surface area contributed by atoms with E-state index in [1.165, 1.54) is 0 Å². The number of carbonyl (C=O) groups is 1. The van der Waals surface area contributed by atoms with Crippen molar-refractivity contribution in [1.29, 1.82) is 0 Å². The summed E-state index contributed by atoms with van der Waals surface area (Å²) in [6, 6.07) is 14.7. The van der Waals surface area contributed by atoms with Crippen LogP contribution < -0.4 is 9.64 Å². The molecule has 2 aromatic rings. The quantitative estimate of drug-likeness (QED) is 0.694. The fourth-order valence-electron chi connectivity index (χ4n) is 3.56. The van der Waals surface area contributed by atoms with Gasteiger partial charge in [0.2, 0.25) is 0 Å². The summed E-state index contributed by atoms with van der Waals surface area (Å²) in [6.07, 6.45) is 0.459. The van der Waals surface area contributed by atoms with E-state index in [0.717, 1.165) is 11.3 Å². The molecule has 0 bridgehead atoms. The molecule has 7 heteroatoms. The molecule has 2 aromatic carbocycles. The Kier molecular flexibility index (Phi) is 6.47. The lowest BCUT2D eigenvalue weighted by Gasteiger charge is -2.29. The number of sulfone groups is 1. The third kappa shape index (κ3) is 5.09. The predicted molar refractivity (Wildman–Crippen MR) is 115 cm³/mol. The van der Waals surface area contributed by atoms with Crippen molar-refractivity contribution in [2.24, 2.45) is 0 Å². The van der Waals surface area contributed by atoms with Crippen LogP contribution in [0.15, 0.2) is 48.5 Å². The number of benzene rings is 2. The first-order valence-corrected chi connectivity index (χ1v) is 11.6. The van der Waals surface area contributed by atoms with E-state index in [1.807, 2.05) is 56.3 Å². The lowest BCUT2D eigenvalue weighted by atomic mass is 10.1. The van der Waals surface area contributed by atoms with Gasteiger partial charge in [-0.3, -0.25) is 4.79 Å². The van der Waals surface area contributed by atoms with Crippen molar-refractivity contribution in [3.05, 3.63) is 59.7 Å². The zero-order valence-corrected chi connectivity index (χ0v) is 18.0. The van der Waals surface area contributed by atoms with Gasteiger partial charge in [0.1, 0.15) is 5.75 Å². The van der Waals surface area contributed by atoms with E-state index in [4.69, 9.17) is 4.74 Å². The van der Waals surface area contributed by atoms with Crippen LogP contribution in [0.2, 0.25) is 0 Å². The Labute approximate surface area is 173 Å². The van der Waals surface area contributed by atoms with E-state index in [-0.39, 0.29) is 23.5 Å². The van der Waals surface area contributed by atoms with Crippen molar-refractivity contribution in [1.82, 2.24) is 4.90 Å². The molecule has 0 aliphatic carbocycles. The van der Waals surface area contributed by atoms with Gasteiger partial charge < -0.3 is 14.5 Å². The van der Waals surface area contributed by atoms with Crippen molar-refractivity contribution in [3.63, 3.8) is 0 Å². The summed E-state index contributed by atoms with van der Waals surface area (Å²) in [5.41, 5.74) is 2.49. The molecule has 1 saturated heterocycles. The van der Waals surface area contributed by atoms with Gasteiger partial charge in [0, 0.05) is 32.4 Å². The number of para-hydroxylation sites is 1. The molecule has 3 rings (SSSR count). The summed E-state index contributed by atoms with van der Waals surface area (Å²) < 4.78 is 29.8. The van der Waals surface area contributed by atoms with Crippen LogP contribution in [0.5, 0.6) is 5.75 Å². The molecule has 1 atom stereocenters. The van der Waals surface area contributed by atoms with E-state index < -0.39 is 9.84 Å². The van der Waals surface area contributed by atoms with Crippen LogP contribution in [0.3, 0.4) is 0 Å². The number of carbonyl (C=O) groups excluding carboxylic acids is 1. The average Bonchev–Trinajstić information content (AvgIpc) is 3.06. The van der Waals surface area contributed by atoms with Gasteiger partial charge >= 0.3 is 0 Å². The van der Waals surface area contributed by atoms with Gasteiger partial charge in [0.15, 0.2) is 9.84 Å². The third-order valence-corrected chi connectivity index (χ3v) is 6.88. The topological polar surface area (TPSA) is 66.9 Å². The molecular weight excluding hydrogens is 388 g/mol. The fraction of sp³-hybridized carbons (Fsp3) is 0.409. The Morgan fingerprint density at radius 3 is 2.38 bits per heavy atom. The van der Waals surface area contributed by atoms with Crippen molar-refractivity contribution in [2.45, 2.75) is 25.9 Å². The summed E-state index contributed by atoms with van der Waals surface area (Å²) in [5, 5.41) is 0. The number of hydrogen-bond donors (Lipinski definition) is 0. The second-order valence-electron chi connectivity index (χ2n) is 7.48. The number of hydrogen-bond acceptors (Lipinski definition) is 5. The number of ether oxygens (including phenoxy) is 1. The van der Waals surface area contributed by atoms with Crippen LogP contribution in [0.1, 0.15) is 29.3 Å². The molecule has 1 heterocycles. The molecule has 1 unspecified atom stereocenters. The minimum absolute atomic E-state index is 0.00528. The molecule has 1 aliphatic rings. The Bertz CT molecular complexity index is 955. The average molecular weight is 417 g/mol. The highest BCUT2D eigenvalue weighted by Gasteiger charge is 2.35. The second kappa shape index (κ2) is 8.86. The summed E-state index contributed by atoms with van der Waals surface area (Å²) in [5.74, 6) is 0.445. The molecule has 1 amide bonds. The number of rotatable bonds is 7. The van der Waals surface area contributed by atoms with E-state index in [0.29, 0.717) is 30.9 Å². The molecule has 0 N–H and O–H groups in total. The lowest BCUT2D eigenvalue weighted by Crippen LogP contribution is -2.40. The van der Waals surface area contributed by atoms with Crippen LogP contribution in [0, 0.1) is 0 Å². The lowest BCUT2D eigenvalue weighted by molar-refractivity contribution is 0.0676. The third-order valence-electron chi connectivity index (χ3n) is 5.13. The number of amides is 1. The maximum absolute atomic E-state index is 13.5. The van der Waals surface area contributed by atoms with Gasteiger partial charge in [0.25, 0.3) is 5.91 Å². The summed E-state index contributed by atoms with van der Waals surface area (Å²) >= 11 is 0. The van der Waals surface area contributed by atoms with Gasteiger partial charge in [0.05, 0.1) is 23.7 Å². The molecule has 1 aliphatic heterocycles. The van der Waals surface area contributed by atoms with Gasteiger partial charge in [-0.25, -0.2) is 8.42 Å².